The highest BCUT2D eigenvalue weighted by molar-refractivity contribution is 7.88. The zero-order valence-corrected chi connectivity index (χ0v) is 12.6. The lowest BCUT2D eigenvalue weighted by Crippen LogP contribution is -2.40. The summed E-state index contributed by atoms with van der Waals surface area (Å²) in [4.78, 5) is 6.53. The fourth-order valence-corrected chi connectivity index (χ4v) is 2.64. The molecule has 1 aromatic rings. The van der Waals surface area contributed by atoms with Crippen LogP contribution in [0.4, 0.5) is 0 Å². The maximum atomic E-state index is 11.0. The van der Waals surface area contributed by atoms with Crippen molar-refractivity contribution in [1.82, 2.24) is 24.8 Å². The second-order valence-electron chi connectivity index (χ2n) is 4.96. The first-order chi connectivity index (χ1) is 9.44. The molecule has 2 heterocycles. The summed E-state index contributed by atoms with van der Waals surface area (Å²) in [5.41, 5.74) is 0. The summed E-state index contributed by atoms with van der Waals surface area (Å²) in [5, 5.41) is 6.94. The van der Waals surface area contributed by atoms with Gasteiger partial charge in [-0.25, -0.2) is 18.1 Å². The predicted molar refractivity (Wildman–Crippen MR) is 73.7 cm³/mol. The van der Waals surface area contributed by atoms with E-state index in [9.17, 15) is 8.42 Å². The number of sulfonamides is 1. The first kappa shape index (κ1) is 15.4. The van der Waals surface area contributed by atoms with Crippen LogP contribution < -0.4 is 4.72 Å². The molecule has 8 nitrogen and oxygen atoms in total. The molecule has 0 aromatic carbocycles. The van der Waals surface area contributed by atoms with Crippen molar-refractivity contribution >= 4 is 10.0 Å². The number of aryl methyl sites for hydroxylation is 1. The van der Waals surface area contributed by atoms with Crippen molar-refractivity contribution in [2.24, 2.45) is 0 Å². The van der Waals surface area contributed by atoms with E-state index in [2.05, 4.69) is 24.8 Å². The van der Waals surface area contributed by atoms with Crippen molar-refractivity contribution < 1.29 is 13.2 Å². The quantitative estimate of drug-likeness (QED) is 0.682. The van der Waals surface area contributed by atoms with Crippen LogP contribution in [0.15, 0.2) is 0 Å². The molecule has 9 heteroatoms. The molecule has 0 bridgehead atoms. The number of aromatic nitrogens is 3. The third-order valence-electron chi connectivity index (χ3n) is 3.07. The van der Waals surface area contributed by atoms with Crippen molar-refractivity contribution in [2.75, 3.05) is 39.0 Å². The van der Waals surface area contributed by atoms with E-state index in [1.807, 2.05) is 6.92 Å². The Bertz CT molecular complexity index is 530. The van der Waals surface area contributed by atoms with Gasteiger partial charge in [0.05, 0.1) is 12.9 Å². The molecule has 20 heavy (non-hydrogen) atoms. The third-order valence-corrected chi connectivity index (χ3v) is 3.80. The Morgan fingerprint density at radius 2 is 2.35 bits per heavy atom. The minimum absolute atomic E-state index is 0.114. The van der Waals surface area contributed by atoms with Crippen LogP contribution in [0.1, 0.15) is 24.2 Å². The van der Waals surface area contributed by atoms with Crippen molar-refractivity contribution in [3.8, 4) is 0 Å². The lowest BCUT2D eigenvalue weighted by atomic mass is 10.2. The Kier molecular flexibility index (Phi) is 5.08. The highest BCUT2D eigenvalue weighted by Crippen LogP contribution is 2.18. The average Bonchev–Trinajstić information content (AvgIpc) is 2.81. The third kappa shape index (κ3) is 4.82. The Labute approximate surface area is 119 Å². The smallest absolute Gasteiger partial charge is 0.208 e. The minimum atomic E-state index is -3.10. The predicted octanol–water partition coefficient (Wildman–Crippen LogP) is -0.574. The molecule has 2 N–H and O–H groups in total. The van der Waals surface area contributed by atoms with Crippen LogP contribution in [0.3, 0.4) is 0 Å². The SMILES string of the molecule is Cc1nc([C@@H]2CN(CCCNS(C)(=O)=O)CCO2)n[nH]1. The fourth-order valence-electron chi connectivity index (χ4n) is 2.13. The van der Waals surface area contributed by atoms with Crippen LogP contribution in [0.5, 0.6) is 0 Å². The molecule has 0 unspecified atom stereocenters. The van der Waals surface area contributed by atoms with Gasteiger partial charge >= 0.3 is 0 Å². The number of H-pyrrole nitrogens is 1. The number of nitrogens with zero attached hydrogens (tertiary/aromatic N) is 3. The van der Waals surface area contributed by atoms with Gasteiger partial charge in [-0.15, -0.1) is 0 Å². The number of rotatable bonds is 6. The van der Waals surface area contributed by atoms with E-state index in [1.54, 1.807) is 0 Å². The van der Waals surface area contributed by atoms with Gasteiger partial charge in [0.2, 0.25) is 10.0 Å². The molecule has 1 aliphatic heterocycles. The van der Waals surface area contributed by atoms with Gasteiger partial charge in [0.25, 0.3) is 0 Å². The molecule has 114 valence electrons. The molecule has 0 spiro atoms. The van der Waals surface area contributed by atoms with E-state index >= 15 is 0 Å². The number of hydrogen-bond donors (Lipinski definition) is 2. The summed E-state index contributed by atoms with van der Waals surface area (Å²) in [6.07, 6.45) is 1.83. The molecule has 2 rings (SSSR count). The monoisotopic (exact) mass is 303 g/mol. The van der Waals surface area contributed by atoms with Gasteiger partial charge in [-0.05, 0) is 19.9 Å². The van der Waals surface area contributed by atoms with Crippen LogP contribution in [0.2, 0.25) is 0 Å². The van der Waals surface area contributed by atoms with Crippen molar-refractivity contribution in [3.05, 3.63) is 11.6 Å². The number of ether oxygens (including phenoxy) is 1. The molecule has 0 aliphatic carbocycles. The van der Waals surface area contributed by atoms with Crippen LogP contribution in [0.25, 0.3) is 0 Å². The molecular weight excluding hydrogens is 282 g/mol. The summed E-state index contributed by atoms with van der Waals surface area (Å²) in [6.45, 7) is 5.35. The fraction of sp³-hybridized carbons (Fsp3) is 0.818. The summed E-state index contributed by atoms with van der Waals surface area (Å²) in [6, 6.07) is 0. The lowest BCUT2D eigenvalue weighted by Gasteiger charge is -2.31. The van der Waals surface area contributed by atoms with Gasteiger partial charge in [-0.3, -0.25) is 10.00 Å². The van der Waals surface area contributed by atoms with E-state index in [0.29, 0.717) is 19.0 Å². The molecular formula is C11H21N5O3S. The van der Waals surface area contributed by atoms with Gasteiger partial charge in [0.1, 0.15) is 11.9 Å². The molecule has 1 atom stereocenters. The van der Waals surface area contributed by atoms with Crippen molar-refractivity contribution in [2.45, 2.75) is 19.4 Å². The standard InChI is InChI=1S/C11H21N5O3S/c1-9-13-11(15-14-9)10-8-16(6-7-19-10)5-3-4-12-20(2,17)18/h10,12H,3-8H2,1-2H3,(H,13,14,15)/t10-/m0/s1. The largest absolute Gasteiger partial charge is 0.367 e. The van der Waals surface area contributed by atoms with Crippen molar-refractivity contribution in [1.29, 1.82) is 0 Å². The lowest BCUT2D eigenvalue weighted by molar-refractivity contribution is -0.0342. The second-order valence-corrected chi connectivity index (χ2v) is 6.79. The van der Waals surface area contributed by atoms with Crippen LogP contribution >= 0.6 is 0 Å². The summed E-state index contributed by atoms with van der Waals surface area (Å²) in [5.74, 6) is 1.46. The Morgan fingerprint density at radius 1 is 1.55 bits per heavy atom. The Balaban J connectivity index is 1.76. The van der Waals surface area contributed by atoms with Gasteiger partial charge in [0.15, 0.2) is 5.82 Å². The summed E-state index contributed by atoms with van der Waals surface area (Å²) < 4.78 is 30.1. The van der Waals surface area contributed by atoms with E-state index < -0.39 is 10.0 Å². The molecule has 0 amide bonds. The topological polar surface area (TPSA) is 100 Å². The normalized spacial score (nSPS) is 21.2. The van der Waals surface area contributed by atoms with E-state index in [1.165, 1.54) is 6.26 Å². The van der Waals surface area contributed by atoms with Crippen LogP contribution in [-0.2, 0) is 14.8 Å². The zero-order chi connectivity index (χ0) is 14.6. The van der Waals surface area contributed by atoms with Crippen LogP contribution in [0, 0.1) is 6.92 Å². The van der Waals surface area contributed by atoms with Crippen LogP contribution in [-0.4, -0.2) is 67.5 Å². The Hall–Kier alpha value is -1.03. The number of aromatic amines is 1. The minimum Gasteiger partial charge on any atom is -0.367 e. The maximum Gasteiger partial charge on any atom is 0.208 e. The molecule has 0 radical (unpaired) electrons. The number of hydrogen-bond acceptors (Lipinski definition) is 6. The average molecular weight is 303 g/mol. The molecule has 0 saturated carbocycles. The molecule has 1 aromatic heterocycles. The van der Waals surface area contributed by atoms with Gasteiger partial charge in [0, 0.05) is 19.6 Å². The summed E-state index contributed by atoms with van der Waals surface area (Å²) >= 11 is 0. The number of morpholine rings is 1. The van der Waals surface area contributed by atoms with E-state index in [0.717, 1.165) is 31.9 Å². The highest BCUT2D eigenvalue weighted by atomic mass is 32.2. The van der Waals surface area contributed by atoms with E-state index in [4.69, 9.17) is 4.74 Å². The molecule has 1 saturated heterocycles. The Morgan fingerprint density at radius 3 is 3.00 bits per heavy atom. The van der Waals surface area contributed by atoms with Gasteiger partial charge in [-0.1, -0.05) is 0 Å². The first-order valence-electron chi connectivity index (χ1n) is 6.61. The first-order valence-corrected chi connectivity index (χ1v) is 8.51. The van der Waals surface area contributed by atoms with Gasteiger partial charge in [-0.2, -0.15) is 5.10 Å². The summed E-state index contributed by atoms with van der Waals surface area (Å²) in [7, 11) is -3.10. The maximum absolute atomic E-state index is 11.0. The second kappa shape index (κ2) is 6.61. The van der Waals surface area contributed by atoms with Crippen molar-refractivity contribution in [3.63, 3.8) is 0 Å². The zero-order valence-electron chi connectivity index (χ0n) is 11.8. The van der Waals surface area contributed by atoms with E-state index in [-0.39, 0.29) is 6.10 Å². The number of nitrogens with one attached hydrogen (secondary N) is 2. The van der Waals surface area contributed by atoms with Gasteiger partial charge < -0.3 is 4.74 Å². The molecule has 1 aliphatic rings. The molecule has 1 fully saturated rings. The highest BCUT2D eigenvalue weighted by Gasteiger charge is 2.24.